The Bertz CT molecular complexity index is 660. The van der Waals surface area contributed by atoms with E-state index in [9.17, 15) is 4.79 Å². The fraction of sp³-hybridized carbons (Fsp3) is 0.682. The third-order valence-corrected chi connectivity index (χ3v) is 6.46. The Morgan fingerprint density at radius 3 is 2.60 bits per heavy atom. The summed E-state index contributed by atoms with van der Waals surface area (Å²) in [6, 6.07) is 5.33. The molecule has 1 amide bonds. The molecule has 2 atom stereocenters. The molecule has 1 aromatic carbocycles. The van der Waals surface area contributed by atoms with Crippen LogP contribution in [-0.4, -0.2) is 29.9 Å². The number of carbonyl (C=O) groups excluding carboxylic acids is 1. The molecule has 1 saturated heterocycles. The summed E-state index contributed by atoms with van der Waals surface area (Å²) in [5.41, 5.74) is 5.18. The molecule has 3 aliphatic rings. The minimum Gasteiger partial charge on any atom is -0.329 e. The van der Waals surface area contributed by atoms with Crippen LogP contribution < -0.4 is 5.32 Å². The van der Waals surface area contributed by atoms with Crippen molar-refractivity contribution in [2.24, 2.45) is 5.92 Å². The predicted molar refractivity (Wildman–Crippen MR) is 102 cm³/mol. The summed E-state index contributed by atoms with van der Waals surface area (Å²) in [6.07, 6.45) is 7.32. The van der Waals surface area contributed by atoms with Gasteiger partial charge in [-0.25, -0.2) is 0 Å². The molecule has 0 aromatic heterocycles. The maximum absolute atomic E-state index is 13.3. The van der Waals surface area contributed by atoms with Crippen LogP contribution in [0.2, 0.25) is 0 Å². The third kappa shape index (κ3) is 2.91. The van der Waals surface area contributed by atoms with Gasteiger partial charge in [-0.05, 0) is 54.2 Å². The highest BCUT2D eigenvalue weighted by atomic mass is 16.2. The molecule has 0 spiro atoms. The van der Waals surface area contributed by atoms with Gasteiger partial charge in [0.1, 0.15) is 0 Å². The van der Waals surface area contributed by atoms with E-state index in [1.54, 1.807) is 0 Å². The van der Waals surface area contributed by atoms with Crippen molar-refractivity contribution in [1.29, 1.82) is 0 Å². The van der Waals surface area contributed by atoms with Gasteiger partial charge in [0.2, 0.25) is 0 Å². The van der Waals surface area contributed by atoms with Gasteiger partial charge in [0, 0.05) is 24.7 Å². The second-order valence-electron chi connectivity index (χ2n) is 8.62. The van der Waals surface area contributed by atoms with E-state index < -0.39 is 0 Å². The molecule has 1 aromatic rings. The van der Waals surface area contributed by atoms with Crippen molar-refractivity contribution in [2.75, 3.05) is 13.1 Å². The molecule has 2 aliphatic heterocycles. The number of fused-ring (bicyclic) bond motifs is 3. The van der Waals surface area contributed by atoms with E-state index in [0.29, 0.717) is 23.8 Å². The summed E-state index contributed by atoms with van der Waals surface area (Å²) in [5, 5.41) is 3.72. The van der Waals surface area contributed by atoms with Crippen molar-refractivity contribution >= 4 is 5.91 Å². The van der Waals surface area contributed by atoms with Gasteiger partial charge < -0.3 is 10.2 Å². The molecule has 1 N–H and O–H groups in total. The van der Waals surface area contributed by atoms with Gasteiger partial charge in [0.05, 0.1) is 6.04 Å². The van der Waals surface area contributed by atoms with Gasteiger partial charge in [0.15, 0.2) is 0 Å². The lowest BCUT2D eigenvalue weighted by Gasteiger charge is -2.39. The number of amides is 1. The van der Waals surface area contributed by atoms with E-state index >= 15 is 0 Å². The lowest BCUT2D eigenvalue weighted by Crippen LogP contribution is -2.52. The molecule has 1 aliphatic carbocycles. The first kappa shape index (κ1) is 17.1. The van der Waals surface area contributed by atoms with Crippen LogP contribution >= 0.6 is 0 Å². The summed E-state index contributed by atoms with van der Waals surface area (Å²) in [5.74, 6) is 1.54. The largest absolute Gasteiger partial charge is 0.329 e. The van der Waals surface area contributed by atoms with E-state index in [1.165, 1.54) is 42.4 Å². The Morgan fingerprint density at radius 2 is 1.92 bits per heavy atom. The monoisotopic (exact) mass is 340 g/mol. The smallest absolute Gasteiger partial charge is 0.255 e. The zero-order valence-corrected chi connectivity index (χ0v) is 16.0. The fourth-order valence-electron chi connectivity index (χ4n) is 5.31. The number of nitrogens with zero attached hydrogens (tertiary/aromatic N) is 1. The molecule has 1 saturated carbocycles. The first-order valence-electron chi connectivity index (χ1n) is 10.3. The van der Waals surface area contributed by atoms with Crippen molar-refractivity contribution in [3.8, 4) is 0 Å². The topological polar surface area (TPSA) is 32.3 Å². The molecular formula is C22H32N2O. The number of hydrogen-bond donors (Lipinski definition) is 1. The van der Waals surface area contributed by atoms with Gasteiger partial charge in [-0.2, -0.15) is 0 Å². The first-order chi connectivity index (χ1) is 12.1. The minimum atomic E-state index is 0.241. The van der Waals surface area contributed by atoms with Crippen LogP contribution in [0.4, 0.5) is 0 Å². The highest BCUT2D eigenvalue weighted by molar-refractivity contribution is 6.01. The summed E-state index contributed by atoms with van der Waals surface area (Å²) in [7, 11) is 0. The van der Waals surface area contributed by atoms with Crippen molar-refractivity contribution in [1.82, 2.24) is 10.2 Å². The Labute approximate surface area is 152 Å². The van der Waals surface area contributed by atoms with Crippen LogP contribution in [0.15, 0.2) is 12.1 Å². The molecule has 25 heavy (non-hydrogen) atoms. The van der Waals surface area contributed by atoms with Crippen molar-refractivity contribution in [3.63, 3.8) is 0 Å². The third-order valence-electron chi connectivity index (χ3n) is 6.46. The van der Waals surface area contributed by atoms with Crippen LogP contribution in [0.3, 0.4) is 0 Å². The summed E-state index contributed by atoms with van der Waals surface area (Å²) < 4.78 is 0. The van der Waals surface area contributed by atoms with Crippen LogP contribution in [0, 0.1) is 5.92 Å². The van der Waals surface area contributed by atoms with Gasteiger partial charge in [0.25, 0.3) is 5.91 Å². The number of rotatable bonds is 4. The normalized spacial score (nSPS) is 26.4. The standard InChI is InChI=1S/C22H32N2O/c1-4-15-12-17(16-7-5-6-8-16)20-18(13-15)21-19(11-14(2)3)23-9-10-24(21)22(20)25/h12-14,16,19,21,23H,4-11H2,1-3H3/t19-,21?/m0/s1. The zero-order chi connectivity index (χ0) is 17.6. The molecular weight excluding hydrogens is 308 g/mol. The van der Waals surface area contributed by atoms with Gasteiger partial charge in [-0.1, -0.05) is 45.7 Å². The molecule has 3 heteroatoms. The highest BCUT2D eigenvalue weighted by Crippen LogP contribution is 2.45. The molecule has 1 unspecified atom stereocenters. The van der Waals surface area contributed by atoms with Gasteiger partial charge >= 0.3 is 0 Å². The van der Waals surface area contributed by atoms with Crippen molar-refractivity contribution in [2.45, 2.75) is 77.3 Å². The van der Waals surface area contributed by atoms with Crippen LogP contribution in [0.25, 0.3) is 0 Å². The number of hydrogen-bond acceptors (Lipinski definition) is 2. The Morgan fingerprint density at radius 1 is 1.20 bits per heavy atom. The summed E-state index contributed by atoms with van der Waals surface area (Å²) in [6.45, 7) is 8.57. The van der Waals surface area contributed by atoms with Crippen molar-refractivity contribution in [3.05, 3.63) is 34.4 Å². The van der Waals surface area contributed by atoms with E-state index in [-0.39, 0.29) is 6.04 Å². The highest BCUT2D eigenvalue weighted by Gasteiger charge is 2.45. The molecule has 3 nitrogen and oxygen atoms in total. The van der Waals surface area contributed by atoms with E-state index in [2.05, 4.69) is 43.1 Å². The molecule has 136 valence electrons. The van der Waals surface area contributed by atoms with Crippen LogP contribution in [0.1, 0.15) is 91.9 Å². The molecule has 2 fully saturated rings. The Kier molecular flexibility index (Phi) is 4.61. The average Bonchev–Trinajstić information content (AvgIpc) is 3.22. The number of carbonyl (C=O) groups is 1. The second kappa shape index (κ2) is 6.75. The van der Waals surface area contributed by atoms with Crippen LogP contribution in [0.5, 0.6) is 0 Å². The Hall–Kier alpha value is -1.35. The fourth-order valence-corrected chi connectivity index (χ4v) is 5.31. The number of aryl methyl sites for hydroxylation is 1. The van der Waals surface area contributed by atoms with E-state index in [0.717, 1.165) is 31.5 Å². The van der Waals surface area contributed by atoms with E-state index in [4.69, 9.17) is 0 Å². The molecule has 0 radical (unpaired) electrons. The minimum absolute atomic E-state index is 0.241. The predicted octanol–water partition coefficient (Wildman–Crippen LogP) is 4.42. The lowest BCUT2D eigenvalue weighted by atomic mass is 9.84. The van der Waals surface area contributed by atoms with Crippen molar-refractivity contribution < 1.29 is 4.79 Å². The van der Waals surface area contributed by atoms with Crippen LogP contribution in [-0.2, 0) is 6.42 Å². The summed E-state index contributed by atoms with van der Waals surface area (Å²) in [4.78, 5) is 15.5. The van der Waals surface area contributed by atoms with Gasteiger partial charge in [-0.15, -0.1) is 0 Å². The zero-order valence-electron chi connectivity index (χ0n) is 16.0. The van der Waals surface area contributed by atoms with E-state index in [1.807, 2.05) is 0 Å². The molecule has 2 heterocycles. The average molecular weight is 341 g/mol. The number of piperazine rings is 1. The number of nitrogens with one attached hydrogen (secondary N) is 1. The molecule has 4 rings (SSSR count). The second-order valence-corrected chi connectivity index (χ2v) is 8.62. The Balaban J connectivity index is 1.81. The first-order valence-corrected chi connectivity index (χ1v) is 10.3. The van der Waals surface area contributed by atoms with Gasteiger partial charge in [-0.3, -0.25) is 4.79 Å². The molecule has 0 bridgehead atoms. The SMILES string of the molecule is CCc1cc(C2CCCC2)c2c(c1)C1[C@H](CC(C)C)NCCN1C2=O. The number of benzene rings is 1. The maximum Gasteiger partial charge on any atom is 0.255 e. The quantitative estimate of drug-likeness (QED) is 0.880. The maximum atomic E-state index is 13.3. The lowest BCUT2D eigenvalue weighted by molar-refractivity contribution is 0.0610. The summed E-state index contributed by atoms with van der Waals surface area (Å²) >= 11 is 0.